The lowest BCUT2D eigenvalue weighted by molar-refractivity contribution is -0.148. The molecule has 2 fully saturated rings. The highest BCUT2D eigenvalue weighted by Crippen LogP contribution is 2.19. The van der Waals surface area contributed by atoms with Crippen molar-refractivity contribution in [3.8, 4) is 0 Å². The molecule has 1 atom stereocenters. The first-order valence-electron chi connectivity index (χ1n) is 8.70. The van der Waals surface area contributed by atoms with Gasteiger partial charge in [-0.15, -0.1) is 0 Å². The fourth-order valence-electron chi connectivity index (χ4n) is 3.59. The van der Waals surface area contributed by atoms with Crippen LogP contribution >= 0.6 is 0 Å². The Bertz CT molecular complexity index is 570. The molecule has 1 aromatic carbocycles. The summed E-state index contributed by atoms with van der Waals surface area (Å²) in [5.74, 6) is -0.900. The van der Waals surface area contributed by atoms with E-state index in [0.29, 0.717) is 25.9 Å². The number of benzene rings is 1. The van der Waals surface area contributed by atoms with Crippen LogP contribution in [0.25, 0.3) is 0 Å². The number of carbonyl (C=O) groups is 2. The van der Waals surface area contributed by atoms with Crippen molar-refractivity contribution in [1.29, 1.82) is 0 Å². The second kappa shape index (κ2) is 7.66. The Morgan fingerprint density at radius 1 is 1.04 bits per heavy atom. The highest BCUT2D eigenvalue weighted by Gasteiger charge is 2.33. The summed E-state index contributed by atoms with van der Waals surface area (Å²) in [7, 11) is 0. The van der Waals surface area contributed by atoms with Crippen LogP contribution in [0, 0.1) is 0 Å². The molecule has 1 amide bonds. The molecule has 0 aliphatic carbocycles. The largest absolute Gasteiger partial charge is 0.480 e. The van der Waals surface area contributed by atoms with Crippen molar-refractivity contribution in [3.63, 3.8) is 0 Å². The van der Waals surface area contributed by atoms with Crippen LogP contribution < -0.4 is 4.90 Å². The number of para-hydroxylation sites is 1. The van der Waals surface area contributed by atoms with E-state index in [0.717, 1.165) is 32.6 Å². The van der Waals surface area contributed by atoms with Crippen LogP contribution in [0.3, 0.4) is 0 Å². The zero-order valence-electron chi connectivity index (χ0n) is 13.9. The molecule has 6 heteroatoms. The van der Waals surface area contributed by atoms with Crippen LogP contribution in [0.2, 0.25) is 0 Å². The van der Waals surface area contributed by atoms with Gasteiger partial charge in [-0.3, -0.25) is 9.69 Å². The molecule has 0 bridgehead atoms. The number of amides is 1. The predicted octanol–water partition coefficient (Wildman–Crippen LogP) is 1.27. The Kier molecular flexibility index (Phi) is 5.35. The molecule has 24 heavy (non-hydrogen) atoms. The van der Waals surface area contributed by atoms with Gasteiger partial charge < -0.3 is 14.9 Å². The zero-order chi connectivity index (χ0) is 16.9. The van der Waals surface area contributed by atoms with Crippen LogP contribution in [0.4, 0.5) is 5.69 Å². The number of piperazine rings is 1. The Morgan fingerprint density at radius 2 is 1.75 bits per heavy atom. The van der Waals surface area contributed by atoms with Gasteiger partial charge in [-0.05, 0) is 25.0 Å². The Hall–Kier alpha value is -2.08. The monoisotopic (exact) mass is 331 g/mol. The van der Waals surface area contributed by atoms with E-state index in [-0.39, 0.29) is 5.91 Å². The van der Waals surface area contributed by atoms with Crippen LogP contribution in [0.1, 0.15) is 19.3 Å². The maximum atomic E-state index is 12.3. The molecular formula is C18H25N3O3. The summed E-state index contributed by atoms with van der Waals surface area (Å²) in [5.41, 5.74) is 1.24. The van der Waals surface area contributed by atoms with Gasteiger partial charge in [0.2, 0.25) is 5.91 Å². The van der Waals surface area contributed by atoms with Gasteiger partial charge in [0.1, 0.15) is 6.04 Å². The van der Waals surface area contributed by atoms with Crippen LogP contribution in [-0.4, -0.2) is 72.1 Å². The van der Waals surface area contributed by atoms with Crippen molar-refractivity contribution >= 4 is 17.6 Å². The summed E-state index contributed by atoms with van der Waals surface area (Å²) >= 11 is 0. The number of aliphatic carboxylic acids is 1. The van der Waals surface area contributed by atoms with E-state index in [4.69, 9.17) is 0 Å². The number of hydrogen-bond acceptors (Lipinski definition) is 4. The average Bonchev–Trinajstić information content (AvgIpc) is 3.11. The minimum absolute atomic E-state index is 0.0228. The molecular weight excluding hydrogens is 306 g/mol. The molecule has 2 saturated heterocycles. The number of likely N-dealkylation sites (tertiary alicyclic amines) is 1. The molecule has 2 heterocycles. The fraction of sp³-hybridized carbons (Fsp3) is 0.556. The van der Waals surface area contributed by atoms with Gasteiger partial charge in [0.25, 0.3) is 0 Å². The highest BCUT2D eigenvalue weighted by molar-refractivity contribution is 5.84. The molecule has 6 nitrogen and oxygen atoms in total. The molecule has 1 N–H and O–H groups in total. The molecule has 1 aromatic rings. The van der Waals surface area contributed by atoms with Gasteiger partial charge in [0, 0.05) is 51.4 Å². The minimum Gasteiger partial charge on any atom is -0.480 e. The molecule has 2 aliphatic heterocycles. The molecule has 0 unspecified atom stereocenters. The normalized spacial score (nSPS) is 21.9. The minimum atomic E-state index is -0.877. The number of anilines is 1. The molecule has 3 rings (SSSR count). The van der Waals surface area contributed by atoms with Gasteiger partial charge in [-0.1, -0.05) is 18.2 Å². The third-order valence-electron chi connectivity index (χ3n) is 4.99. The first-order valence-corrected chi connectivity index (χ1v) is 8.70. The van der Waals surface area contributed by atoms with Crippen molar-refractivity contribution in [1.82, 2.24) is 9.80 Å². The van der Waals surface area contributed by atoms with Gasteiger partial charge >= 0.3 is 5.97 Å². The maximum Gasteiger partial charge on any atom is 0.326 e. The first kappa shape index (κ1) is 16.8. The predicted molar refractivity (Wildman–Crippen MR) is 92.1 cm³/mol. The number of nitrogens with zero attached hydrogens (tertiary/aromatic N) is 3. The number of carboxylic acid groups (broad SMARTS) is 1. The summed E-state index contributed by atoms with van der Waals surface area (Å²) in [5, 5.41) is 9.18. The molecule has 0 saturated carbocycles. The van der Waals surface area contributed by atoms with Crippen LogP contribution in [0.15, 0.2) is 30.3 Å². The second-order valence-corrected chi connectivity index (χ2v) is 6.50. The number of rotatable bonds is 5. The van der Waals surface area contributed by atoms with Gasteiger partial charge in [-0.25, -0.2) is 4.79 Å². The topological polar surface area (TPSA) is 64.1 Å². The lowest BCUT2D eigenvalue weighted by atomic mass is 10.2. The van der Waals surface area contributed by atoms with Gasteiger partial charge in [0.05, 0.1) is 0 Å². The lowest BCUT2D eigenvalue weighted by Gasteiger charge is -2.36. The first-order chi connectivity index (χ1) is 11.6. The smallest absolute Gasteiger partial charge is 0.326 e. The van der Waals surface area contributed by atoms with Gasteiger partial charge in [-0.2, -0.15) is 0 Å². The average molecular weight is 331 g/mol. The number of carbonyl (C=O) groups excluding carboxylic acids is 1. The SMILES string of the molecule is O=C(O)[C@H]1CCCN1C(=O)CCN1CCN(c2ccccc2)CC1. The second-order valence-electron chi connectivity index (χ2n) is 6.50. The van der Waals surface area contributed by atoms with E-state index < -0.39 is 12.0 Å². The van der Waals surface area contributed by atoms with Crippen molar-refractivity contribution in [3.05, 3.63) is 30.3 Å². The summed E-state index contributed by atoms with van der Waals surface area (Å²) in [6.45, 7) is 5.08. The van der Waals surface area contributed by atoms with Crippen molar-refractivity contribution in [2.45, 2.75) is 25.3 Å². The summed E-state index contributed by atoms with van der Waals surface area (Å²) in [6, 6.07) is 9.75. The quantitative estimate of drug-likeness (QED) is 0.880. The Balaban J connectivity index is 1.43. The van der Waals surface area contributed by atoms with E-state index in [9.17, 15) is 14.7 Å². The number of carboxylic acids is 1. The molecule has 0 spiro atoms. The van der Waals surface area contributed by atoms with E-state index in [1.807, 2.05) is 6.07 Å². The number of hydrogen-bond donors (Lipinski definition) is 1. The van der Waals surface area contributed by atoms with Gasteiger partial charge in [0.15, 0.2) is 0 Å². The third-order valence-corrected chi connectivity index (χ3v) is 4.99. The highest BCUT2D eigenvalue weighted by atomic mass is 16.4. The van der Waals surface area contributed by atoms with E-state index in [1.165, 1.54) is 5.69 Å². The van der Waals surface area contributed by atoms with Crippen LogP contribution in [0.5, 0.6) is 0 Å². The van der Waals surface area contributed by atoms with Crippen molar-refractivity contribution < 1.29 is 14.7 Å². The molecule has 130 valence electrons. The zero-order valence-corrected chi connectivity index (χ0v) is 13.9. The lowest BCUT2D eigenvalue weighted by Crippen LogP contribution is -2.48. The summed E-state index contributed by atoms with van der Waals surface area (Å²) in [6.07, 6.45) is 1.78. The molecule has 0 aromatic heterocycles. The molecule has 0 radical (unpaired) electrons. The summed E-state index contributed by atoms with van der Waals surface area (Å²) in [4.78, 5) is 29.7. The van der Waals surface area contributed by atoms with E-state index >= 15 is 0 Å². The van der Waals surface area contributed by atoms with Crippen molar-refractivity contribution in [2.75, 3.05) is 44.2 Å². The van der Waals surface area contributed by atoms with E-state index in [2.05, 4.69) is 34.1 Å². The standard InChI is InChI=1S/C18H25N3O3/c22-17(21-9-4-7-16(21)18(23)24)8-10-19-11-13-20(14-12-19)15-5-2-1-3-6-15/h1-3,5-6,16H,4,7-14H2,(H,23,24)/t16-/m1/s1. The maximum absolute atomic E-state index is 12.3. The fourth-order valence-corrected chi connectivity index (χ4v) is 3.59. The Morgan fingerprint density at radius 3 is 2.42 bits per heavy atom. The van der Waals surface area contributed by atoms with Crippen LogP contribution in [-0.2, 0) is 9.59 Å². The van der Waals surface area contributed by atoms with Crippen molar-refractivity contribution in [2.24, 2.45) is 0 Å². The molecule has 2 aliphatic rings. The Labute approximate surface area is 142 Å². The van der Waals surface area contributed by atoms with E-state index in [1.54, 1.807) is 4.90 Å². The third kappa shape index (κ3) is 3.87. The summed E-state index contributed by atoms with van der Waals surface area (Å²) < 4.78 is 0.